The average molecular weight is 361 g/mol. The van der Waals surface area contributed by atoms with Crippen LogP contribution in [0.1, 0.15) is 10.5 Å². The Balaban J connectivity index is 1.55. The Morgan fingerprint density at radius 2 is 1.74 bits per heavy atom. The molecule has 9 nitrogen and oxygen atoms in total. The topological polar surface area (TPSA) is 99.8 Å². The van der Waals surface area contributed by atoms with Gasteiger partial charge < -0.3 is 10.1 Å². The van der Waals surface area contributed by atoms with Crippen molar-refractivity contribution in [3.05, 3.63) is 72.8 Å². The third-order valence-corrected chi connectivity index (χ3v) is 3.88. The monoisotopic (exact) mass is 361 g/mol. The van der Waals surface area contributed by atoms with Crippen molar-refractivity contribution >= 4 is 11.6 Å². The van der Waals surface area contributed by atoms with Crippen LogP contribution < -0.4 is 10.1 Å². The van der Waals surface area contributed by atoms with Crippen LogP contribution >= 0.6 is 0 Å². The summed E-state index contributed by atoms with van der Waals surface area (Å²) < 4.78 is 8.43. The molecule has 2 aromatic carbocycles. The highest BCUT2D eigenvalue weighted by atomic mass is 16.5. The van der Waals surface area contributed by atoms with Gasteiger partial charge in [-0.1, -0.05) is 18.2 Å². The van der Waals surface area contributed by atoms with Gasteiger partial charge in [0, 0.05) is 5.69 Å². The Morgan fingerprint density at radius 3 is 2.41 bits per heavy atom. The number of carbonyl (C=O) groups is 1. The number of nitrogens with one attached hydrogen (secondary N) is 1. The molecule has 0 unspecified atom stereocenters. The van der Waals surface area contributed by atoms with Crippen molar-refractivity contribution in [2.24, 2.45) is 0 Å². The lowest BCUT2D eigenvalue weighted by Crippen LogP contribution is -2.14. The highest BCUT2D eigenvalue weighted by Crippen LogP contribution is 2.21. The molecule has 0 aliphatic heterocycles. The van der Waals surface area contributed by atoms with Gasteiger partial charge in [-0.25, -0.2) is 9.36 Å². The molecule has 27 heavy (non-hydrogen) atoms. The third-order valence-electron chi connectivity index (χ3n) is 3.88. The fourth-order valence-corrected chi connectivity index (χ4v) is 2.55. The number of tetrazole rings is 1. The Bertz CT molecular complexity index is 1040. The third kappa shape index (κ3) is 3.38. The first kappa shape index (κ1) is 16.5. The molecule has 1 N–H and O–H groups in total. The number of para-hydroxylation sites is 1. The summed E-state index contributed by atoms with van der Waals surface area (Å²) in [5.41, 5.74) is 2.43. The molecule has 4 aromatic rings. The number of hydrogen-bond donors (Lipinski definition) is 1. The maximum Gasteiger partial charge on any atom is 0.280 e. The minimum absolute atomic E-state index is 0.200. The van der Waals surface area contributed by atoms with E-state index in [0.29, 0.717) is 11.4 Å². The van der Waals surface area contributed by atoms with Gasteiger partial charge >= 0.3 is 0 Å². The van der Waals surface area contributed by atoms with Crippen LogP contribution in [0.25, 0.3) is 11.4 Å². The van der Waals surface area contributed by atoms with Crippen LogP contribution in [-0.2, 0) is 0 Å². The van der Waals surface area contributed by atoms with E-state index in [-0.39, 0.29) is 11.6 Å². The smallest absolute Gasteiger partial charge is 0.280 e. The number of aromatic nitrogens is 6. The van der Waals surface area contributed by atoms with Crippen molar-refractivity contribution in [1.82, 2.24) is 30.0 Å². The molecule has 0 saturated heterocycles. The minimum atomic E-state index is -0.364. The van der Waals surface area contributed by atoms with E-state index in [4.69, 9.17) is 4.74 Å². The lowest BCUT2D eigenvalue weighted by atomic mass is 10.2. The van der Waals surface area contributed by atoms with Crippen LogP contribution in [0.5, 0.6) is 5.75 Å². The van der Waals surface area contributed by atoms with Gasteiger partial charge in [-0.05, 0) is 46.8 Å². The van der Waals surface area contributed by atoms with Crippen molar-refractivity contribution in [3.8, 4) is 17.1 Å². The van der Waals surface area contributed by atoms with E-state index in [1.165, 1.54) is 18.1 Å². The lowest BCUT2D eigenvalue weighted by molar-refractivity contribution is 0.101. The van der Waals surface area contributed by atoms with Crippen molar-refractivity contribution in [2.75, 3.05) is 12.4 Å². The van der Waals surface area contributed by atoms with E-state index in [2.05, 4.69) is 25.9 Å². The van der Waals surface area contributed by atoms with Gasteiger partial charge in [-0.2, -0.15) is 5.10 Å². The molecule has 0 aliphatic rings. The normalized spacial score (nSPS) is 10.6. The number of hydrogen-bond acceptors (Lipinski definition) is 6. The predicted molar refractivity (Wildman–Crippen MR) is 97.2 cm³/mol. The van der Waals surface area contributed by atoms with Crippen LogP contribution in [0, 0.1) is 0 Å². The molecule has 0 radical (unpaired) electrons. The van der Waals surface area contributed by atoms with Gasteiger partial charge in [0.1, 0.15) is 6.33 Å². The van der Waals surface area contributed by atoms with E-state index < -0.39 is 0 Å². The van der Waals surface area contributed by atoms with Gasteiger partial charge in [0.2, 0.25) is 0 Å². The fraction of sp³-hybridized carbons (Fsp3) is 0.0556. The van der Waals surface area contributed by atoms with E-state index in [1.54, 1.807) is 35.1 Å². The number of carbonyl (C=O) groups excluding carboxylic acids is 1. The van der Waals surface area contributed by atoms with Crippen molar-refractivity contribution in [3.63, 3.8) is 0 Å². The first-order chi connectivity index (χ1) is 13.2. The van der Waals surface area contributed by atoms with Gasteiger partial charge in [-0.3, -0.25) is 4.79 Å². The van der Waals surface area contributed by atoms with Gasteiger partial charge in [0.05, 0.1) is 24.7 Å². The Kier molecular flexibility index (Phi) is 4.32. The van der Waals surface area contributed by atoms with Crippen molar-refractivity contribution in [2.45, 2.75) is 0 Å². The Morgan fingerprint density at radius 1 is 1.00 bits per heavy atom. The van der Waals surface area contributed by atoms with E-state index in [1.807, 2.05) is 30.3 Å². The van der Waals surface area contributed by atoms with Crippen LogP contribution in [0.15, 0.2) is 67.1 Å². The summed E-state index contributed by atoms with van der Waals surface area (Å²) in [7, 11) is 1.50. The number of amides is 1. The zero-order chi connectivity index (χ0) is 18.6. The van der Waals surface area contributed by atoms with Crippen LogP contribution in [0.4, 0.5) is 5.69 Å². The van der Waals surface area contributed by atoms with Crippen molar-refractivity contribution in [1.29, 1.82) is 0 Å². The second-order valence-corrected chi connectivity index (χ2v) is 5.58. The van der Waals surface area contributed by atoms with Crippen LogP contribution in [-0.4, -0.2) is 43.0 Å². The fourth-order valence-electron chi connectivity index (χ4n) is 2.55. The first-order valence-corrected chi connectivity index (χ1v) is 8.08. The molecule has 2 heterocycles. The summed E-state index contributed by atoms with van der Waals surface area (Å²) in [5.74, 6) is 0.0263. The zero-order valence-electron chi connectivity index (χ0n) is 14.4. The minimum Gasteiger partial charge on any atom is -0.493 e. The summed E-state index contributed by atoms with van der Waals surface area (Å²) in [5, 5.41) is 18.2. The van der Waals surface area contributed by atoms with Crippen molar-refractivity contribution < 1.29 is 9.53 Å². The maximum atomic E-state index is 12.6. The second kappa shape index (κ2) is 7.08. The maximum absolute atomic E-state index is 12.6. The SMILES string of the molecule is COc1cn(-c2ccccc2)nc1C(=O)Nc1ccc(-n2cnnn2)cc1. The molecule has 1 amide bonds. The number of rotatable bonds is 5. The highest BCUT2D eigenvalue weighted by Gasteiger charge is 2.18. The molecule has 0 fully saturated rings. The summed E-state index contributed by atoms with van der Waals surface area (Å²) in [6, 6.07) is 16.6. The molecular formula is C18H15N7O2. The van der Waals surface area contributed by atoms with E-state index in [0.717, 1.165) is 11.4 Å². The molecule has 0 saturated carbocycles. The first-order valence-electron chi connectivity index (χ1n) is 8.08. The Labute approximate surface area is 154 Å². The van der Waals surface area contributed by atoms with E-state index in [9.17, 15) is 4.79 Å². The largest absolute Gasteiger partial charge is 0.493 e. The molecule has 4 rings (SSSR count). The summed E-state index contributed by atoms with van der Waals surface area (Å²) in [4.78, 5) is 12.6. The molecule has 134 valence electrons. The molecule has 0 bridgehead atoms. The average Bonchev–Trinajstić information content (AvgIpc) is 3.39. The number of anilines is 1. The quantitative estimate of drug-likeness (QED) is 0.584. The molecule has 0 aliphatic carbocycles. The van der Waals surface area contributed by atoms with Gasteiger partial charge in [0.25, 0.3) is 5.91 Å². The second-order valence-electron chi connectivity index (χ2n) is 5.58. The summed E-state index contributed by atoms with van der Waals surface area (Å²) >= 11 is 0. The molecular weight excluding hydrogens is 346 g/mol. The zero-order valence-corrected chi connectivity index (χ0v) is 14.4. The molecule has 2 aromatic heterocycles. The summed E-state index contributed by atoms with van der Waals surface area (Å²) in [6.07, 6.45) is 3.17. The molecule has 0 spiro atoms. The number of benzene rings is 2. The molecule has 9 heteroatoms. The standard InChI is InChI=1S/C18H15N7O2/c1-27-16-11-24(14-5-3-2-4-6-14)21-17(16)18(26)20-13-7-9-15(10-8-13)25-12-19-22-23-25/h2-12H,1H3,(H,20,26). The highest BCUT2D eigenvalue weighted by molar-refractivity contribution is 6.04. The van der Waals surface area contributed by atoms with Crippen LogP contribution in [0.2, 0.25) is 0 Å². The van der Waals surface area contributed by atoms with Gasteiger partial charge in [-0.15, -0.1) is 5.10 Å². The Hall–Kier alpha value is -4.01. The molecule has 0 atom stereocenters. The summed E-state index contributed by atoms with van der Waals surface area (Å²) in [6.45, 7) is 0. The van der Waals surface area contributed by atoms with Gasteiger partial charge in [0.15, 0.2) is 11.4 Å². The number of methoxy groups -OCH3 is 1. The number of ether oxygens (including phenoxy) is 1. The lowest BCUT2D eigenvalue weighted by Gasteiger charge is -2.06. The van der Waals surface area contributed by atoms with Crippen LogP contribution in [0.3, 0.4) is 0 Å². The number of nitrogens with zero attached hydrogens (tertiary/aromatic N) is 6. The predicted octanol–water partition coefficient (Wildman–Crippen LogP) is 2.11. The van der Waals surface area contributed by atoms with E-state index >= 15 is 0 Å².